The molecule has 1 fully saturated rings. The summed E-state index contributed by atoms with van der Waals surface area (Å²) >= 11 is 0. The first-order valence-corrected chi connectivity index (χ1v) is 7.22. The molecule has 1 aromatic carbocycles. The molecule has 1 saturated heterocycles. The lowest BCUT2D eigenvalue weighted by Gasteiger charge is -2.33. The zero-order valence-electron chi connectivity index (χ0n) is 12.3. The molecule has 1 aliphatic rings. The molecule has 0 bridgehead atoms. The number of methoxy groups -OCH3 is 1. The van der Waals surface area contributed by atoms with Crippen molar-refractivity contribution in [2.24, 2.45) is 0 Å². The molecule has 0 saturated carbocycles. The lowest BCUT2D eigenvalue weighted by molar-refractivity contribution is -0.118. The van der Waals surface area contributed by atoms with Crippen LogP contribution in [-0.2, 0) is 4.79 Å². The van der Waals surface area contributed by atoms with Crippen molar-refractivity contribution in [3.63, 3.8) is 0 Å². The Bertz CT molecular complexity index is 493. The molecular formula is C15H23N3O3. The lowest BCUT2D eigenvalue weighted by Crippen LogP contribution is -2.45. The van der Waals surface area contributed by atoms with E-state index in [1.165, 1.54) is 0 Å². The summed E-state index contributed by atoms with van der Waals surface area (Å²) < 4.78 is 5.08. The van der Waals surface area contributed by atoms with E-state index < -0.39 is 0 Å². The van der Waals surface area contributed by atoms with Gasteiger partial charge in [-0.1, -0.05) is 6.42 Å². The summed E-state index contributed by atoms with van der Waals surface area (Å²) in [5.41, 5.74) is 6.94. The van der Waals surface area contributed by atoms with Gasteiger partial charge in [0.05, 0.1) is 31.6 Å². The summed E-state index contributed by atoms with van der Waals surface area (Å²) in [6.07, 6.45) is 3.11. The molecule has 1 aliphatic heterocycles. The fourth-order valence-corrected chi connectivity index (χ4v) is 2.63. The number of hydrogen-bond donors (Lipinski definition) is 3. The van der Waals surface area contributed by atoms with Gasteiger partial charge in [0.25, 0.3) is 0 Å². The highest BCUT2D eigenvalue weighted by atomic mass is 16.5. The second kappa shape index (κ2) is 7.28. The molecule has 0 aliphatic carbocycles. The van der Waals surface area contributed by atoms with Crippen molar-refractivity contribution < 1.29 is 14.6 Å². The van der Waals surface area contributed by atoms with Crippen molar-refractivity contribution in [3.05, 3.63) is 18.2 Å². The third-order valence-corrected chi connectivity index (χ3v) is 3.84. The van der Waals surface area contributed by atoms with Gasteiger partial charge in [-0.15, -0.1) is 0 Å². The molecule has 0 radical (unpaired) electrons. The topological polar surface area (TPSA) is 87.8 Å². The molecule has 6 nitrogen and oxygen atoms in total. The molecule has 1 unspecified atom stereocenters. The lowest BCUT2D eigenvalue weighted by atomic mass is 10.0. The van der Waals surface area contributed by atoms with E-state index in [0.29, 0.717) is 17.1 Å². The highest BCUT2D eigenvalue weighted by molar-refractivity contribution is 5.95. The molecule has 1 amide bonds. The zero-order chi connectivity index (χ0) is 15.2. The molecule has 1 aromatic rings. The minimum Gasteiger partial charge on any atom is -0.497 e. The van der Waals surface area contributed by atoms with E-state index in [2.05, 4.69) is 5.32 Å². The second-order valence-corrected chi connectivity index (χ2v) is 5.30. The Kier molecular flexibility index (Phi) is 5.41. The number of hydrogen-bond acceptors (Lipinski definition) is 5. The molecule has 116 valence electrons. The first-order valence-electron chi connectivity index (χ1n) is 7.22. The molecule has 2 rings (SSSR count). The number of likely N-dealkylation sites (tertiary alicyclic amines) is 1. The number of carbonyl (C=O) groups is 1. The van der Waals surface area contributed by atoms with Gasteiger partial charge in [0.2, 0.25) is 5.91 Å². The van der Waals surface area contributed by atoms with Crippen LogP contribution in [0.2, 0.25) is 0 Å². The van der Waals surface area contributed by atoms with Crippen molar-refractivity contribution in [1.82, 2.24) is 4.90 Å². The van der Waals surface area contributed by atoms with Gasteiger partial charge in [-0.3, -0.25) is 9.69 Å². The number of nitrogens with two attached hydrogens (primary N) is 1. The number of aliphatic hydroxyl groups is 1. The van der Waals surface area contributed by atoms with E-state index in [4.69, 9.17) is 10.5 Å². The predicted molar refractivity (Wildman–Crippen MR) is 82.3 cm³/mol. The molecule has 1 heterocycles. The summed E-state index contributed by atoms with van der Waals surface area (Å²) in [6, 6.07) is 5.24. The molecule has 0 aromatic heterocycles. The Morgan fingerprint density at radius 3 is 3.00 bits per heavy atom. The highest BCUT2D eigenvalue weighted by Gasteiger charge is 2.23. The van der Waals surface area contributed by atoms with Gasteiger partial charge in [-0.2, -0.15) is 0 Å². The van der Waals surface area contributed by atoms with Crippen LogP contribution in [0.15, 0.2) is 18.2 Å². The minimum atomic E-state index is -0.118. The quantitative estimate of drug-likeness (QED) is 0.707. The SMILES string of the molecule is COc1ccc(NC(=O)CN2CCCCC2CO)c(N)c1. The fraction of sp³-hybridized carbons (Fsp3) is 0.533. The number of ether oxygens (including phenoxy) is 1. The first kappa shape index (κ1) is 15.6. The normalized spacial score (nSPS) is 19.2. The number of rotatable bonds is 5. The van der Waals surface area contributed by atoms with Gasteiger partial charge in [-0.25, -0.2) is 0 Å². The maximum Gasteiger partial charge on any atom is 0.238 e. The number of anilines is 2. The summed E-state index contributed by atoms with van der Waals surface area (Å²) in [5.74, 6) is 0.536. The Labute approximate surface area is 124 Å². The van der Waals surface area contributed by atoms with Crippen LogP contribution in [-0.4, -0.2) is 48.8 Å². The van der Waals surface area contributed by atoms with Crippen molar-refractivity contribution >= 4 is 17.3 Å². The summed E-state index contributed by atoms with van der Waals surface area (Å²) in [6.45, 7) is 1.21. The van der Waals surface area contributed by atoms with Crippen LogP contribution in [0.3, 0.4) is 0 Å². The van der Waals surface area contributed by atoms with Gasteiger partial charge >= 0.3 is 0 Å². The van der Waals surface area contributed by atoms with Crippen LogP contribution < -0.4 is 15.8 Å². The molecule has 6 heteroatoms. The first-order chi connectivity index (χ1) is 10.1. The molecule has 4 N–H and O–H groups in total. The Balaban J connectivity index is 1.95. The summed E-state index contributed by atoms with van der Waals surface area (Å²) in [5, 5.41) is 12.2. The van der Waals surface area contributed by atoms with E-state index in [1.807, 2.05) is 4.90 Å². The smallest absolute Gasteiger partial charge is 0.238 e. The van der Waals surface area contributed by atoms with E-state index in [0.717, 1.165) is 25.8 Å². The average Bonchev–Trinajstić information content (AvgIpc) is 2.49. The van der Waals surface area contributed by atoms with Crippen molar-refractivity contribution in [2.45, 2.75) is 25.3 Å². The third kappa shape index (κ3) is 4.09. The van der Waals surface area contributed by atoms with Crippen molar-refractivity contribution in [2.75, 3.05) is 37.9 Å². The van der Waals surface area contributed by atoms with Crippen molar-refractivity contribution in [1.29, 1.82) is 0 Å². The van der Waals surface area contributed by atoms with E-state index in [-0.39, 0.29) is 25.1 Å². The number of nitrogens with one attached hydrogen (secondary N) is 1. The average molecular weight is 293 g/mol. The van der Waals surface area contributed by atoms with Crippen molar-refractivity contribution in [3.8, 4) is 5.75 Å². The maximum absolute atomic E-state index is 12.1. The van der Waals surface area contributed by atoms with Crippen LogP contribution in [0.4, 0.5) is 11.4 Å². The number of nitrogens with zero attached hydrogens (tertiary/aromatic N) is 1. The minimum absolute atomic E-state index is 0.0812. The zero-order valence-corrected chi connectivity index (χ0v) is 12.3. The van der Waals surface area contributed by atoms with Gasteiger partial charge in [0, 0.05) is 12.1 Å². The standard InChI is InChI=1S/C15H23N3O3/c1-21-12-5-6-14(13(16)8-12)17-15(20)9-18-7-3-2-4-11(18)10-19/h5-6,8,11,19H,2-4,7,9-10,16H2,1H3,(H,17,20). The molecule has 1 atom stereocenters. The maximum atomic E-state index is 12.1. The highest BCUT2D eigenvalue weighted by Crippen LogP contribution is 2.24. The number of amides is 1. The van der Waals surface area contributed by atoms with Gasteiger partial charge in [-0.05, 0) is 31.5 Å². The van der Waals surface area contributed by atoms with Gasteiger partial charge < -0.3 is 20.9 Å². The van der Waals surface area contributed by atoms with Gasteiger partial charge in [0.15, 0.2) is 0 Å². The van der Waals surface area contributed by atoms with E-state index >= 15 is 0 Å². The third-order valence-electron chi connectivity index (χ3n) is 3.84. The number of benzene rings is 1. The molecule has 21 heavy (non-hydrogen) atoms. The van der Waals surface area contributed by atoms with Crippen LogP contribution in [0.25, 0.3) is 0 Å². The second-order valence-electron chi connectivity index (χ2n) is 5.30. The Hall–Kier alpha value is -1.79. The Morgan fingerprint density at radius 2 is 2.33 bits per heavy atom. The number of aliphatic hydroxyl groups excluding tert-OH is 1. The Morgan fingerprint density at radius 1 is 1.52 bits per heavy atom. The number of nitrogen functional groups attached to an aromatic ring is 1. The van der Waals surface area contributed by atoms with Crippen LogP contribution >= 0.6 is 0 Å². The summed E-state index contributed by atoms with van der Waals surface area (Å²) in [7, 11) is 1.57. The summed E-state index contributed by atoms with van der Waals surface area (Å²) in [4.78, 5) is 14.2. The number of carbonyl (C=O) groups excluding carboxylic acids is 1. The molecule has 0 spiro atoms. The van der Waals surface area contributed by atoms with Crippen LogP contribution in [0.1, 0.15) is 19.3 Å². The van der Waals surface area contributed by atoms with Crippen LogP contribution in [0.5, 0.6) is 5.75 Å². The van der Waals surface area contributed by atoms with E-state index in [1.54, 1.807) is 25.3 Å². The monoisotopic (exact) mass is 293 g/mol. The van der Waals surface area contributed by atoms with Gasteiger partial charge in [0.1, 0.15) is 5.75 Å². The fourth-order valence-electron chi connectivity index (χ4n) is 2.63. The van der Waals surface area contributed by atoms with Crippen LogP contribution in [0, 0.1) is 0 Å². The predicted octanol–water partition coefficient (Wildman–Crippen LogP) is 1.06. The molecular weight excluding hydrogens is 270 g/mol. The number of piperidine rings is 1. The largest absolute Gasteiger partial charge is 0.497 e. The van der Waals surface area contributed by atoms with E-state index in [9.17, 15) is 9.90 Å².